The van der Waals surface area contributed by atoms with Crippen molar-refractivity contribution >= 4 is 5.69 Å². The van der Waals surface area contributed by atoms with E-state index >= 15 is 0 Å². The topological polar surface area (TPSA) is 99.9 Å². The molecule has 6 heteroatoms. The number of nitriles is 2. The molecule has 0 radical (unpaired) electrons. The molecule has 0 aliphatic rings. The zero-order valence-corrected chi connectivity index (χ0v) is 8.43. The van der Waals surface area contributed by atoms with Gasteiger partial charge in [-0.25, -0.2) is 0 Å². The van der Waals surface area contributed by atoms with E-state index in [1.165, 1.54) is 19.2 Å². The molecule has 0 saturated carbocycles. The summed E-state index contributed by atoms with van der Waals surface area (Å²) in [5, 5.41) is 28.1. The number of rotatable bonds is 3. The molecule has 0 atom stereocenters. The first-order chi connectivity index (χ1) is 7.65. The summed E-state index contributed by atoms with van der Waals surface area (Å²) in [6.07, 6.45) is -0.103. The van der Waals surface area contributed by atoms with Gasteiger partial charge in [-0.1, -0.05) is 0 Å². The molecular weight excluding hydrogens is 210 g/mol. The summed E-state index contributed by atoms with van der Waals surface area (Å²) >= 11 is 0. The molecular formula is C10H7N3O3. The molecule has 0 N–H and O–H groups in total. The molecule has 0 spiro atoms. The second-order valence-corrected chi connectivity index (χ2v) is 2.84. The summed E-state index contributed by atoms with van der Waals surface area (Å²) in [6.45, 7) is 0. The minimum Gasteiger partial charge on any atom is -0.496 e. The van der Waals surface area contributed by atoms with Gasteiger partial charge in [0, 0.05) is 11.6 Å². The van der Waals surface area contributed by atoms with Gasteiger partial charge in [-0.15, -0.1) is 0 Å². The lowest BCUT2D eigenvalue weighted by atomic mass is 10.0. The van der Waals surface area contributed by atoms with Crippen LogP contribution >= 0.6 is 0 Å². The summed E-state index contributed by atoms with van der Waals surface area (Å²) in [5.74, 6) is 0.309. The van der Waals surface area contributed by atoms with Gasteiger partial charge in [-0.3, -0.25) is 10.1 Å². The fraction of sp³-hybridized carbons (Fsp3) is 0.200. The first-order valence-electron chi connectivity index (χ1n) is 4.27. The number of nitrogens with zero attached hydrogens (tertiary/aromatic N) is 3. The molecule has 0 amide bonds. The van der Waals surface area contributed by atoms with Crippen LogP contribution in [0.3, 0.4) is 0 Å². The van der Waals surface area contributed by atoms with Gasteiger partial charge in [0.2, 0.25) is 0 Å². The minimum absolute atomic E-state index is 0.103. The fourth-order valence-corrected chi connectivity index (χ4v) is 1.34. The molecule has 0 unspecified atom stereocenters. The summed E-state index contributed by atoms with van der Waals surface area (Å²) < 4.78 is 4.95. The molecule has 0 aromatic heterocycles. The molecule has 0 fully saturated rings. The predicted octanol–water partition coefficient (Wildman–Crippen LogP) is 1.54. The molecule has 0 aliphatic heterocycles. The first kappa shape index (κ1) is 11.5. The quantitative estimate of drug-likeness (QED) is 0.564. The third-order valence-electron chi connectivity index (χ3n) is 2.03. The van der Waals surface area contributed by atoms with Gasteiger partial charge < -0.3 is 4.74 Å². The van der Waals surface area contributed by atoms with Crippen molar-refractivity contribution in [3.05, 3.63) is 33.4 Å². The van der Waals surface area contributed by atoms with Gasteiger partial charge in [0.05, 0.1) is 24.5 Å². The lowest BCUT2D eigenvalue weighted by molar-refractivity contribution is -0.385. The normalized spacial score (nSPS) is 8.94. The average Bonchev–Trinajstić information content (AvgIpc) is 2.28. The Kier molecular flexibility index (Phi) is 3.41. The van der Waals surface area contributed by atoms with Gasteiger partial charge in [-0.05, 0) is 6.07 Å². The summed E-state index contributed by atoms with van der Waals surface area (Å²) in [6, 6.07) is 6.15. The Labute approximate surface area is 91.4 Å². The van der Waals surface area contributed by atoms with Crippen LogP contribution in [-0.4, -0.2) is 12.0 Å². The lowest BCUT2D eigenvalue weighted by Crippen LogP contribution is -2.00. The number of hydrogen-bond donors (Lipinski definition) is 0. The van der Waals surface area contributed by atoms with Crippen molar-refractivity contribution in [3.8, 4) is 17.9 Å². The predicted molar refractivity (Wildman–Crippen MR) is 53.7 cm³/mol. The summed E-state index contributed by atoms with van der Waals surface area (Å²) in [7, 11) is 1.38. The molecule has 80 valence electrons. The molecule has 0 heterocycles. The second kappa shape index (κ2) is 4.76. The van der Waals surface area contributed by atoms with Crippen LogP contribution in [0.25, 0.3) is 0 Å². The largest absolute Gasteiger partial charge is 0.496 e. The molecule has 6 nitrogen and oxygen atoms in total. The Morgan fingerprint density at radius 3 is 2.62 bits per heavy atom. The van der Waals surface area contributed by atoms with Gasteiger partial charge >= 0.3 is 0 Å². The molecule has 16 heavy (non-hydrogen) atoms. The number of nitro groups is 1. The van der Waals surface area contributed by atoms with E-state index in [1.807, 2.05) is 6.07 Å². The van der Waals surface area contributed by atoms with Crippen LogP contribution in [0.4, 0.5) is 5.69 Å². The van der Waals surface area contributed by atoms with E-state index in [2.05, 4.69) is 0 Å². The van der Waals surface area contributed by atoms with Crippen LogP contribution in [0.2, 0.25) is 0 Å². The minimum atomic E-state index is -0.654. The smallest absolute Gasteiger partial charge is 0.287 e. The van der Waals surface area contributed by atoms with Crippen molar-refractivity contribution in [2.75, 3.05) is 7.11 Å². The number of benzene rings is 1. The van der Waals surface area contributed by atoms with Crippen LogP contribution in [-0.2, 0) is 6.42 Å². The number of nitro benzene ring substituents is 1. The van der Waals surface area contributed by atoms with E-state index in [1.54, 1.807) is 6.07 Å². The third kappa shape index (κ3) is 1.91. The molecule has 0 saturated heterocycles. The van der Waals surface area contributed by atoms with Crippen LogP contribution in [0.1, 0.15) is 11.1 Å². The van der Waals surface area contributed by atoms with Crippen molar-refractivity contribution in [1.29, 1.82) is 10.5 Å². The second-order valence-electron chi connectivity index (χ2n) is 2.84. The Hall–Kier alpha value is -2.60. The Balaban J connectivity index is 3.52. The number of hydrogen-bond acceptors (Lipinski definition) is 5. The van der Waals surface area contributed by atoms with Crippen molar-refractivity contribution in [2.24, 2.45) is 0 Å². The Morgan fingerprint density at radius 1 is 1.50 bits per heavy atom. The molecule has 1 aromatic rings. The zero-order chi connectivity index (χ0) is 12.1. The maximum atomic E-state index is 10.7. The van der Waals surface area contributed by atoms with Gasteiger partial charge in [0.1, 0.15) is 17.4 Å². The van der Waals surface area contributed by atoms with Crippen molar-refractivity contribution in [3.63, 3.8) is 0 Å². The van der Waals surface area contributed by atoms with E-state index in [4.69, 9.17) is 15.3 Å². The van der Waals surface area contributed by atoms with E-state index < -0.39 is 4.92 Å². The lowest BCUT2D eigenvalue weighted by Gasteiger charge is -2.07. The SMILES string of the molecule is COc1ccc([N+](=O)[O-])c(C#N)c1CC#N. The molecule has 1 rings (SSSR count). The Bertz CT molecular complexity index is 511. The highest BCUT2D eigenvalue weighted by atomic mass is 16.6. The molecule has 0 bridgehead atoms. The summed E-state index contributed by atoms with van der Waals surface area (Å²) in [4.78, 5) is 10.0. The Morgan fingerprint density at radius 2 is 2.19 bits per heavy atom. The standard InChI is InChI=1S/C10H7N3O3/c1-16-10-3-2-9(13(14)15)8(6-12)7(10)4-5-11/h2-3H,4H2,1H3. The number of ether oxygens (including phenoxy) is 1. The maximum absolute atomic E-state index is 10.7. The average molecular weight is 217 g/mol. The third-order valence-corrected chi connectivity index (χ3v) is 2.03. The first-order valence-corrected chi connectivity index (χ1v) is 4.27. The van der Waals surface area contributed by atoms with Gasteiger partial charge in [0.25, 0.3) is 5.69 Å². The van der Waals surface area contributed by atoms with Gasteiger partial charge in [0.15, 0.2) is 0 Å². The fourth-order valence-electron chi connectivity index (χ4n) is 1.34. The maximum Gasteiger partial charge on any atom is 0.287 e. The highest BCUT2D eigenvalue weighted by Gasteiger charge is 2.20. The number of methoxy groups -OCH3 is 1. The van der Waals surface area contributed by atoms with Crippen LogP contribution < -0.4 is 4.74 Å². The van der Waals surface area contributed by atoms with E-state index in [0.29, 0.717) is 5.75 Å². The monoisotopic (exact) mass is 217 g/mol. The van der Waals surface area contributed by atoms with Crippen LogP contribution in [0.15, 0.2) is 12.1 Å². The zero-order valence-electron chi connectivity index (χ0n) is 8.43. The van der Waals surface area contributed by atoms with Crippen LogP contribution in [0, 0.1) is 32.8 Å². The molecule has 1 aromatic carbocycles. The highest BCUT2D eigenvalue weighted by Crippen LogP contribution is 2.29. The van der Waals surface area contributed by atoms with E-state index in [-0.39, 0.29) is 23.2 Å². The summed E-state index contributed by atoms with van der Waals surface area (Å²) in [5.41, 5.74) is -0.179. The van der Waals surface area contributed by atoms with Crippen molar-refractivity contribution < 1.29 is 9.66 Å². The van der Waals surface area contributed by atoms with Crippen LogP contribution in [0.5, 0.6) is 5.75 Å². The van der Waals surface area contributed by atoms with Gasteiger partial charge in [-0.2, -0.15) is 10.5 Å². The van der Waals surface area contributed by atoms with E-state index in [9.17, 15) is 10.1 Å². The van der Waals surface area contributed by atoms with E-state index in [0.717, 1.165) is 0 Å². The highest BCUT2D eigenvalue weighted by molar-refractivity contribution is 5.59. The van der Waals surface area contributed by atoms with Crippen molar-refractivity contribution in [1.82, 2.24) is 0 Å². The molecule has 0 aliphatic carbocycles. The van der Waals surface area contributed by atoms with Crippen molar-refractivity contribution in [2.45, 2.75) is 6.42 Å².